The number of nitrogens with zero attached hydrogens (tertiary/aromatic N) is 1. The molecular formula is C22H23ClN2O2. The van der Waals surface area contributed by atoms with Crippen LogP contribution >= 0.6 is 11.6 Å². The van der Waals surface area contributed by atoms with Crippen molar-refractivity contribution in [3.05, 3.63) is 53.3 Å². The van der Waals surface area contributed by atoms with Crippen LogP contribution in [0.1, 0.15) is 48.9 Å². The van der Waals surface area contributed by atoms with Crippen LogP contribution in [-0.4, -0.2) is 16.5 Å². The number of amides is 1. The number of pyridine rings is 1. The maximum Gasteiger partial charge on any atom is 0.258 e. The van der Waals surface area contributed by atoms with Crippen molar-refractivity contribution in [1.82, 2.24) is 4.98 Å². The summed E-state index contributed by atoms with van der Waals surface area (Å²) in [6.45, 7) is 0. The number of hydrogen-bond donors (Lipinski definition) is 1. The van der Waals surface area contributed by atoms with Crippen molar-refractivity contribution in [3.8, 4) is 5.75 Å². The van der Waals surface area contributed by atoms with Gasteiger partial charge in [-0.05, 0) is 86.6 Å². The molecule has 2 aromatic rings. The van der Waals surface area contributed by atoms with Crippen molar-refractivity contribution in [2.75, 3.05) is 5.32 Å². The van der Waals surface area contributed by atoms with Crippen LogP contribution in [0.25, 0.3) is 0 Å². The molecule has 4 saturated carbocycles. The summed E-state index contributed by atoms with van der Waals surface area (Å²) in [6.07, 6.45) is 10.9. The number of rotatable bonds is 4. The summed E-state index contributed by atoms with van der Waals surface area (Å²) in [5, 5.41) is 3.26. The van der Waals surface area contributed by atoms with Crippen LogP contribution in [0.5, 0.6) is 5.75 Å². The third-order valence-electron chi connectivity index (χ3n) is 6.44. The van der Waals surface area contributed by atoms with E-state index >= 15 is 0 Å². The second kappa shape index (κ2) is 6.52. The van der Waals surface area contributed by atoms with Gasteiger partial charge < -0.3 is 10.1 Å². The lowest BCUT2D eigenvalue weighted by Crippen LogP contribution is -2.53. The van der Waals surface area contributed by atoms with Gasteiger partial charge in [0.05, 0.1) is 10.6 Å². The van der Waals surface area contributed by atoms with Crippen molar-refractivity contribution in [2.24, 2.45) is 17.8 Å². The SMILES string of the molecule is O=C(Nc1ccc(OC23CC4CC(CC(C4)C2)C3)cc1)c1cnccc1Cl. The van der Waals surface area contributed by atoms with Gasteiger partial charge in [-0.1, -0.05) is 11.6 Å². The van der Waals surface area contributed by atoms with Gasteiger partial charge in [-0.25, -0.2) is 0 Å². The first kappa shape index (κ1) is 17.1. The number of hydrogen-bond acceptors (Lipinski definition) is 3. The molecule has 1 aromatic heterocycles. The first-order valence-corrected chi connectivity index (χ1v) is 10.2. The molecule has 1 heterocycles. The van der Waals surface area contributed by atoms with E-state index in [1.165, 1.54) is 44.7 Å². The largest absolute Gasteiger partial charge is 0.487 e. The number of carbonyl (C=O) groups excluding carboxylic acids is 1. The zero-order valence-corrected chi connectivity index (χ0v) is 15.9. The molecule has 1 aromatic carbocycles. The molecule has 6 rings (SSSR count). The van der Waals surface area contributed by atoms with E-state index in [1.807, 2.05) is 24.3 Å². The molecule has 0 radical (unpaired) electrons. The summed E-state index contributed by atoms with van der Waals surface area (Å²) in [5.41, 5.74) is 1.13. The number of benzene rings is 1. The van der Waals surface area contributed by atoms with Gasteiger partial charge in [0.1, 0.15) is 11.4 Å². The number of carbonyl (C=O) groups is 1. The Morgan fingerprint density at radius 3 is 2.26 bits per heavy atom. The van der Waals surface area contributed by atoms with Crippen LogP contribution in [0, 0.1) is 17.8 Å². The molecule has 4 aliphatic rings. The summed E-state index contributed by atoms with van der Waals surface area (Å²) >= 11 is 6.06. The first-order valence-electron chi connectivity index (χ1n) is 9.78. The highest BCUT2D eigenvalue weighted by Gasteiger charge is 2.52. The number of ether oxygens (including phenoxy) is 1. The monoisotopic (exact) mass is 382 g/mol. The van der Waals surface area contributed by atoms with Crippen LogP contribution in [0.2, 0.25) is 5.02 Å². The van der Waals surface area contributed by atoms with E-state index in [0.717, 1.165) is 29.2 Å². The third-order valence-corrected chi connectivity index (χ3v) is 6.77. The molecule has 0 spiro atoms. The van der Waals surface area contributed by atoms with E-state index in [4.69, 9.17) is 16.3 Å². The second-order valence-electron chi connectivity index (χ2n) is 8.54. The quantitative estimate of drug-likeness (QED) is 0.776. The van der Waals surface area contributed by atoms with Gasteiger partial charge in [0.15, 0.2) is 0 Å². The Morgan fingerprint density at radius 2 is 1.67 bits per heavy atom. The van der Waals surface area contributed by atoms with E-state index in [2.05, 4.69) is 10.3 Å². The van der Waals surface area contributed by atoms with E-state index in [0.29, 0.717) is 10.6 Å². The van der Waals surface area contributed by atoms with Gasteiger partial charge in [0.2, 0.25) is 0 Å². The minimum Gasteiger partial charge on any atom is -0.487 e. The van der Waals surface area contributed by atoms with Crippen molar-refractivity contribution >= 4 is 23.2 Å². The number of aromatic nitrogens is 1. The molecule has 0 atom stereocenters. The smallest absolute Gasteiger partial charge is 0.258 e. The summed E-state index contributed by atoms with van der Waals surface area (Å²) in [5.74, 6) is 3.22. The fourth-order valence-electron chi connectivity index (χ4n) is 5.76. The summed E-state index contributed by atoms with van der Waals surface area (Å²) in [4.78, 5) is 16.3. The predicted molar refractivity (Wildman–Crippen MR) is 105 cm³/mol. The maximum atomic E-state index is 12.4. The summed E-state index contributed by atoms with van der Waals surface area (Å²) < 4.78 is 6.53. The topological polar surface area (TPSA) is 51.2 Å². The molecule has 0 aliphatic heterocycles. The lowest BCUT2D eigenvalue weighted by Gasteiger charge is -2.56. The Labute approximate surface area is 164 Å². The van der Waals surface area contributed by atoms with Crippen LogP contribution < -0.4 is 10.1 Å². The molecule has 4 nitrogen and oxygen atoms in total. The molecule has 4 fully saturated rings. The van der Waals surface area contributed by atoms with Gasteiger partial charge in [-0.15, -0.1) is 0 Å². The van der Waals surface area contributed by atoms with Crippen molar-refractivity contribution in [3.63, 3.8) is 0 Å². The van der Waals surface area contributed by atoms with E-state index in [-0.39, 0.29) is 11.5 Å². The van der Waals surface area contributed by atoms with Gasteiger partial charge in [0.25, 0.3) is 5.91 Å². The zero-order chi connectivity index (χ0) is 18.4. The lowest BCUT2D eigenvalue weighted by atomic mass is 9.54. The molecule has 0 saturated heterocycles. The average Bonchev–Trinajstić information content (AvgIpc) is 2.62. The molecule has 0 unspecified atom stereocenters. The van der Waals surface area contributed by atoms with E-state index in [1.54, 1.807) is 12.3 Å². The molecule has 1 N–H and O–H groups in total. The molecule has 140 valence electrons. The lowest BCUT2D eigenvalue weighted by molar-refractivity contribution is -0.107. The summed E-state index contributed by atoms with van der Waals surface area (Å²) in [6, 6.07) is 9.30. The Morgan fingerprint density at radius 1 is 1.04 bits per heavy atom. The Balaban J connectivity index is 1.27. The van der Waals surface area contributed by atoms with E-state index in [9.17, 15) is 4.79 Å². The predicted octanol–water partition coefficient (Wildman–Crippen LogP) is 5.33. The molecule has 5 heteroatoms. The maximum absolute atomic E-state index is 12.4. The molecule has 4 aliphatic carbocycles. The minimum atomic E-state index is -0.261. The van der Waals surface area contributed by atoms with Crippen LogP contribution in [-0.2, 0) is 0 Å². The normalized spacial score (nSPS) is 30.9. The van der Waals surface area contributed by atoms with Crippen molar-refractivity contribution in [1.29, 1.82) is 0 Å². The van der Waals surface area contributed by atoms with Crippen LogP contribution in [0.15, 0.2) is 42.7 Å². The van der Waals surface area contributed by atoms with Crippen molar-refractivity contribution in [2.45, 2.75) is 44.1 Å². The van der Waals surface area contributed by atoms with Crippen LogP contribution in [0.3, 0.4) is 0 Å². The Hall–Kier alpha value is -2.07. The molecule has 1 amide bonds. The van der Waals surface area contributed by atoms with Gasteiger partial charge in [-0.3, -0.25) is 9.78 Å². The molecular weight excluding hydrogens is 360 g/mol. The third kappa shape index (κ3) is 3.31. The van der Waals surface area contributed by atoms with Crippen LogP contribution in [0.4, 0.5) is 5.69 Å². The zero-order valence-electron chi connectivity index (χ0n) is 15.2. The van der Waals surface area contributed by atoms with E-state index < -0.39 is 0 Å². The summed E-state index contributed by atoms with van der Waals surface area (Å²) in [7, 11) is 0. The Bertz CT molecular complexity index is 830. The van der Waals surface area contributed by atoms with Gasteiger partial charge >= 0.3 is 0 Å². The number of halogens is 1. The highest BCUT2D eigenvalue weighted by atomic mass is 35.5. The average molecular weight is 383 g/mol. The molecule has 27 heavy (non-hydrogen) atoms. The second-order valence-corrected chi connectivity index (χ2v) is 8.94. The Kier molecular flexibility index (Phi) is 4.12. The fraction of sp³-hybridized carbons (Fsp3) is 0.455. The molecule has 4 bridgehead atoms. The number of nitrogens with one attached hydrogen (secondary N) is 1. The standard InChI is InChI=1S/C22H23ClN2O2/c23-20-5-6-24-13-19(20)21(26)25-17-1-3-18(4-2-17)27-22-10-14-7-15(11-22)9-16(8-14)12-22/h1-6,13-16H,7-12H2,(H,25,26). The van der Waals surface area contributed by atoms with Gasteiger partial charge in [-0.2, -0.15) is 0 Å². The highest BCUT2D eigenvalue weighted by molar-refractivity contribution is 6.34. The van der Waals surface area contributed by atoms with Crippen molar-refractivity contribution < 1.29 is 9.53 Å². The first-order chi connectivity index (χ1) is 13.1. The minimum absolute atomic E-state index is 0.0444. The fourth-order valence-corrected chi connectivity index (χ4v) is 5.95. The number of anilines is 1. The highest BCUT2D eigenvalue weighted by Crippen LogP contribution is 2.57. The van der Waals surface area contributed by atoms with Gasteiger partial charge in [0, 0.05) is 18.1 Å².